The van der Waals surface area contributed by atoms with Gasteiger partial charge in [-0.05, 0) is 30.2 Å². The van der Waals surface area contributed by atoms with Crippen LogP contribution in [0.4, 0.5) is 0 Å². The Balaban J connectivity index is 1.23. The largest absolute Gasteiger partial charge is 0.358 e. The zero-order valence-corrected chi connectivity index (χ0v) is 17.3. The Morgan fingerprint density at radius 3 is 2.74 bits per heavy atom. The molecule has 1 aromatic carbocycles. The Kier molecular flexibility index (Phi) is 4.66. The molecule has 0 bridgehead atoms. The molecule has 2 aromatic heterocycles. The first-order valence-electron chi connectivity index (χ1n) is 10.4. The molecule has 2 fully saturated rings. The Morgan fingerprint density at radius 2 is 2.03 bits per heavy atom. The molecule has 1 spiro atoms. The minimum atomic E-state index is -0.0965. The molecular formula is C23H24N6O2. The first kappa shape index (κ1) is 19.2. The summed E-state index contributed by atoms with van der Waals surface area (Å²) in [5.74, 6) is 0.187. The Morgan fingerprint density at radius 1 is 1.26 bits per heavy atom. The number of carbonyl (C=O) groups is 1. The van der Waals surface area contributed by atoms with Gasteiger partial charge in [-0.3, -0.25) is 9.48 Å². The number of nitrogens with one attached hydrogen (secondary N) is 1. The maximum atomic E-state index is 12.9. The highest BCUT2D eigenvalue weighted by Gasteiger charge is 2.49. The van der Waals surface area contributed by atoms with Crippen LogP contribution in [-0.2, 0) is 7.05 Å². The number of aromatic nitrogens is 3. The molecule has 1 saturated heterocycles. The van der Waals surface area contributed by atoms with Gasteiger partial charge in [0.25, 0.3) is 5.91 Å². The summed E-state index contributed by atoms with van der Waals surface area (Å²) in [6.07, 6.45) is 6.82. The summed E-state index contributed by atoms with van der Waals surface area (Å²) in [5, 5.41) is 11.4. The molecule has 5 rings (SSSR count). The quantitative estimate of drug-likeness (QED) is 0.499. The average Bonchev–Trinajstić information content (AvgIpc) is 3.50. The van der Waals surface area contributed by atoms with Crippen LogP contribution in [0.5, 0.6) is 0 Å². The molecule has 8 nitrogen and oxygen atoms in total. The van der Waals surface area contributed by atoms with Crippen molar-refractivity contribution in [3.8, 4) is 34.5 Å². The van der Waals surface area contributed by atoms with Crippen LogP contribution < -0.4 is 11.1 Å². The van der Waals surface area contributed by atoms with Gasteiger partial charge in [0.15, 0.2) is 0 Å². The molecular weight excluding hydrogens is 392 g/mol. The number of hydrogen-bond donors (Lipinski definition) is 2. The Labute approximate surface area is 180 Å². The summed E-state index contributed by atoms with van der Waals surface area (Å²) < 4.78 is 7.18. The Bertz CT molecular complexity index is 1160. The van der Waals surface area contributed by atoms with E-state index >= 15 is 0 Å². The van der Waals surface area contributed by atoms with Crippen LogP contribution in [0.3, 0.4) is 0 Å². The second-order valence-electron chi connectivity index (χ2n) is 8.55. The molecule has 1 saturated carbocycles. The Hall–Kier alpha value is -3.73. The molecule has 8 heteroatoms. The van der Waals surface area contributed by atoms with Gasteiger partial charge in [0.1, 0.15) is 5.69 Å². The van der Waals surface area contributed by atoms with Gasteiger partial charge in [-0.2, -0.15) is 5.10 Å². The molecule has 0 radical (unpaired) electrons. The minimum absolute atomic E-state index is 0.0965. The van der Waals surface area contributed by atoms with E-state index in [2.05, 4.69) is 27.7 Å². The third kappa shape index (κ3) is 3.63. The summed E-state index contributed by atoms with van der Waals surface area (Å²) in [6.45, 7) is 1.49. The van der Waals surface area contributed by atoms with Crippen LogP contribution in [0.2, 0.25) is 0 Å². The summed E-state index contributed by atoms with van der Waals surface area (Å²) >= 11 is 0. The first-order valence-corrected chi connectivity index (χ1v) is 10.4. The van der Waals surface area contributed by atoms with E-state index in [9.17, 15) is 4.79 Å². The summed E-state index contributed by atoms with van der Waals surface area (Å²) in [6, 6.07) is 15.2. The molecule has 0 atom stereocenters. The van der Waals surface area contributed by atoms with Gasteiger partial charge < -0.3 is 20.5 Å². The van der Waals surface area contributed by atoms with Gasteiger partial charge in [-0.1, -0.05) is 29.4 Å². The lowest BCUT2D eigenvalue weighted by atomic mass is 9.65. The number of hydrogen-bond acceptors (Lipinski definition) is 6. The zero-order chi connectivity index (χ0) is 21.4. The third-order valence-corrected chi connectivity index (χ3v) is 6.37. The predicted molar refractivity (Wildman–Crippen MR) is 115 cm³/mol. The summed E-state index contributed by atoms with van der Waals surface area (Å²) in [7, 11) is 1.89. The number of aryl methyl sites for hydroxylation is 1. The monoisotopic (exact) mass is 416 g/mol. The molecule has 0 unspecified atom stereocenters. The summed E-state index contributed by atoms with van der Waals surface area (Å²) in [4.78, 5) is 14.8. The van der Waals surface area contributed by atoms with Crippen LogP contribution >= 0.6 is 0 Å². The molecule has 2 aliphatic rings. The topological polar surface area (TPSA) is 102 Å². The van der Waals surface area contributed by atoms with Crippen LogP contribution in [-0.4, -0.2) is 44.9 Å². The number of likely N-dealkylation sites (tertiary alicyclic amines) is 1. The van der Waals surface area contributed by atoms with E-state index in [0.29, 0.717) is 11.7 Å². The number of nitrogens with two attached hydrogens (primary N) is 1. The van der Waals surface area contributed by atoms with Crippen molar-refractivity contribution in [1.29, 1.82) is 0 Å². The highest BCUT2D eigenvalue weighted by molar-refractivity contribution is 5.92. The van der Waals surface area contributed by atoms with Gasteiger partial charge in [0.05, 0.1) is 6.20 Å². The molecule has 1 aliphatic carbocycles. The van der Waals surface area contributed by atoms with Crippen LogP contribution in [0.25, 0.3) is 22.4 Å². The van der Waals surface area contributed by atoms with Crippen molar-refractivity contribution < 1.29 is 9.32 Å². The zero-order valence-electron chi connectivity index (χ0n) is 17.3. The second kappa shape index (κ2) is 7.51. The van der Waals surface area contributed by atoms with Crippen LogP contribution in [0, 0.1) is 17.5 Å². The van der Waals surface area contributed by atoms with Gasteiger partial charge >= 0.3 is 0 Å². The molecule has 31 heavy (non-hydrogen) atoms. The summed E-state index contributed by atoms with van der Waals surface area (Å²) in [5.41, 5.74) is 9.09. The minimum Gasteiger partial charge on any atom is -0.358 e. The number of carbonyl (C=O) groups excluding carboxylic acids is 1. The average molecular weight is 416 g/mol. The fourth-order valence-electron chi connectivity index (χ4n) is 4.74. The maximum Gasteiger partial charge on any atom is 0.292 e. The highest BCUT2D eigenvalue weighted by Crippen LogP contribution is 2.48. The third-order valence-electron chi connectivity index (χ3n) is 6.37. The number of amides is 1. The van der Waals surface area contributed by atoms with E-state index in [1.54, 1.807) is 10.7 Å². The fourth-order valence-corrected chi connectivity index (χ4v) is 4.74. The van der Waals surface area contributed by atoms with Gasteiger partial charge in [0, 0.05) is 61.7 Å². The molecule has 1 aliphatic heterocycles. The predicted octanol–water partition coefficient (Wildman–Crippen LogP) is 2.20. The van der Waals surface area contributed by atoms with E-state index in [-0.39, 0.29) is 17.1 Å². The first-order chi connectivity index (χ1) is 15.0. The molecule has 158 valence electrons. The van der Waals surface area contributed by atoms with Crippen molar-refractivity contribution in [2.75, 3.05) is 13.1 Å². The number of rotatable bonds is 4. The van der Waals surface area contributed by atoms with Crippen molar-refractivity contribution >= 4 is 5.91 Å². The molecule has 3 heterocycles. The SMILES string of the molecule is Cn1cc(-c2ccc(-c3cc(C(=O)N4CCC5(CC(NC#CN)C5)C4)on3)cc2)cn1. The van der Waals surface area contributed by atoms with Gasteiger partial charge in [0.2, 0.25) is 5.76 Å². The number of nitrogens with zero attached hydrogens (tertiary/aromatic N) is 4. The van der Waals surface area contributed by atoms with E-state index < -0.39 is 0 Å². The molecule has 3 N–H and O–H groups in total. The fraction of sp³-hybridized carbons (Fsp3) is 0.348. The highest BCUT2D eigenvalue weighted by atomic mass is 16.5. The lowest BCUT2D eigenvalue weighted by molar-refractivity contribution is 0.0647. The van der Waals surface area contributed by atoms with E-state index in [4.69, 9.17) is 10.3 Å². The van der Waals surface area contributed by atoms with Crippen molar-refractivity contribution in [2.45, 2.75) is 25.3 Å². The molecule has 1 amide bonds. The van der Waals surface area contributed by atoms with E-state index in [1.807, 2.05) is 48.6 Å². The molecule has 3 aromatic rings. The van der Waals surface area contributed by atoms with Gasteiger partial charge in [-0.25, -0.2) is 0 Å². The van der Waals surface area contributed by atoms with E-state index in [0.717, 1.165) is 49.0 Å². The second-order valence-corrected chi connectivity index (χ2v) is 8.55. The standard InChI is InChI=1S/C23H24N6O2/c1-28-14-18(13-26-28)16-2-4-17(5-3-16)20-10-21(31-27-20)22(30)29-9-6-23(15-29)11-19(12-23)25-8-7-24/h2-5,10,13-14,19,25H,6,9,11-12,15,24H2,1H3. The van der Waals surface area contributed by atoms with Crippen molar-refractivity contribution in [1.82, 2.24) is 25.2 Å². The normalized spacial score (nSPS) is 22.1. The van der Waals surface area contributed by atoms with Crippen molar-refractivity contribution in [3.05, 3.63) is 48.5 Å². The lowest BCUT2D eigenvalue weighted by Gasteiger charge is -2.44. The van der Waals surface area contributed by atoms with Crippen molar-refractivity contribution in [3.63, 3.8) is 0 Å². The lowest BCUT2D eigenvalue weighted by Crippen LogP contribution is -2.49. The smallest absolute Gasteiger partial charge is 0.292 e. The van der Waals surface area contributed by atoms with Crippen LogP contribution in [0.1, 0.15) is 29.8 Å². The van der Waals surface area contributed by atoms with Crippen molar-refractivity contribution in [2.24, 2.45) is 18.2 Å². The maximum absolute atomic E-state index is 12.9. The van der Waals surface area contributed by atoms with Crippen LogP contribution in [0.15, 0.2) is 47.2 Å². The van der Waals surface area contributed by atoms with E-state index in [1.165, 1.54) is 0 Å². The van der Waals surface area contributed by atoms with Gasteiger partial charge in [-0.15, -0.1) is 0 Å². The number of benzene rings is 1.